The molecule has 148 valence electrons. The fourth-order valence-electron chi connectivity index (χ4n) is 3.72. The molecule has 0 saturated carbocycles. The van der Waals surface area contributed by atoms with Gasteiger partial charge in [-0.2, -0.15) is 0 Å². The van der Waals surface area contributed by atoms with Gasteiger partial charge in [0.15, 0.2) is 0 Å². The van der Waals surface area contributed by atoms with E-state index in [1.807, 2.05) is 12.1 Å². The van der Waals surface area contributed by atoms with Gasteiger partial charge in [0.1, 0.15) is 0 Å². The van der Waals surface area contributed by atoms with Gasteiger partial charge in [-0.15, -0.1) is 0 Å². The summed E-state index contributed by atoms with van der Waals surface area (Å²) < 4.78 is 52.9. The molecule has 2 aliphatic rings. The predicted molar refractivity (Wildman–Crippen MR) is 106 cm³/mol. The van der Waals surface area contributed by atoms with Gasteiger partial charge >= 0.3 is 0 Å². The van der Waals surface area contributed by atoms with Crippen molar-refractivity contribution in [3.8, 4) is 0 Å². The fraction of sp³-hybridized carbons (Fsp3) is 0.316. The average molecular weight is 421 g/mol. The molecule has 9 heteroatoms. The minimum absolute atomic E-state index is 0.0602. The maximum Gasteiger partial charge on any atom is 0.264 e. The highest BCUT2D eigenvalue weighted by Crippen LogP contribution is 2.33. The number of sulfonamides is 2. The van der Waals surface area contributed by atoms with Crippen molar-refractivity contribution in [2.45, 2.75) is 24.7 Å². The highest BCUT2D eigenvalue weighted by molar-refractivity contribution is 7.94. The van der Waals surface area contributed by atoms with E-state index in [9.17, 15) is 21.6 Å². The third-order valence-corrected chi connectivity index (χ3v) is 8.78. The number of aryl methyl sites for hydroxylation is 1. The second kappa shape index (κ2) is 6.59. The van der Waals surface area contributed by atoms with Crippen molar-refractivity contribution in [3.05, 3.63) is 54.1 Å². The van der Waals surface area contributed by atoms with E-state index >= 15 is 0 Å². The number of hydrogen-bond acceptors (Lipinski definition) is 5. The summed E-state index contributed by atoms with van der Waals surface area (Å²) >= 11 is 0. The molecule has 0 aliphatic carbocycles. The van der Waals surface area contributed by atoms with Crippen LogP contribution >= 0.6 is 0 Å². The van der Waals surface area contributed by atoms with Crippen molar-refractivity contribution in [2.24, 2.45) is 5.92 Å². The van der Waals surface area contributed by atoms with Crippen LogP contribution in [0.4, 0.5) is 11.4 Å². The molecular weight excluding hydrogens is 400 g/mol. The lowest BCUT2D eigenvalue weighted by atomic mass is 10.0. The molecule has 7 nitrogen and oxygen atoms in total. The molecule has 0 aromatic heterocycles. The minimum atomic E-state index is -3.79. The van der Waals surface area contributed by atoms with Crippen molar-refractivity contribution >= 4 is 37.3 Å². The first-order chi connectivity index (χ1) is 13.2. The maximum absolute atomic E-state index is 13.2. The van der Waals surface area contributed by atoms with Gasteiger partial charge < -0.3 is 0 Å². The van der Waals surface area contributed by atoms with Crippen LogP contribution in [-0.4, -0.2) is 35.0 Å². The number of anilines is 2. The maximum atomic E-state index is 13.2. The van der Waals surface area contributed by atoms with Crippen LogP contribution in [0.1, 0.15) is 18.9 Å². The van der Waals surface area contributed by atoms with E-state index in [-0.39, 0.29) is 16.3 Å². The molecule has 1 saturated heterocycles. The van der Waals surface area contributed by atoms with Crippen LogP contribution in [0.5, 0.6) is 0 Å². The zero-order valence-corrected chi connectivity index (χ0v) is 16.9. The Kier molecular flexibility index (Phi) is 4.46. The number of benzene rings is 2. The van der Waals surface area contributed by atoms with E-state index < -0.39 is 31.9 Å². The number of rotatable bonds is 3. The molecule has 0 unspecified atom stereocenters. The largest absolute Gasteiger partial charge is 0.273 e. The third kappa shape index (κ3) is 2.98. The summed E-state index contributed by atoms with van der Waals surface area (Å²) in [5.74, 6) is -1.35. The zero-order valence-electron chi connectivity index (χ0n) is 15.3. The Hall–Kier alpha value is -2.39. The fourth-order valence-corrected chi connectivity index (χ4v) is 7.08. The molecule has 2 aromatic carbocycles. The Balaban J connectivity index is 1.69. The number of hydrogen-bond donors (Lipinski definition) is 0. The van der Waals surface area contributed by atoms with Gasteiger partial charge in [0, 0.05) is 6.54 Å². The summed E-state index contributed by atoms with van der Waals surface area (Å²) in [5, 5.41) is 0. The van der Waals surface area contributed by atoms with Gasteiger partial charge in [0.2, 0.25) is 15.9 Å². The normalized spacial score (nSPS) is 21.6. The van der Waals surface area contributed by atoms with Crippen molar-refractivity contribution in [1.82, 2.24) is 0 Å². The first-order valence-electron chi connectivity index (χ1n) is 8.99. The minimum Gasteiger partial charge on any atom is -0.273 e. The summed E-state index contributed by atoms with van der Waals surface area (Å²) in [4.78, 5) is 12.3. The van der Waals surface area contributed by atoms with Gasteiger partial charge in [0.25, 0.3) is 10.0 Å². The number of nitrogens with zero attached hydrogens (tertiary/aromatic N) is 2. The summed E-state index contributed by atoms with van der Waals surface area (Å²) in [5.41, 5.74) is 1.81. The number of para-hydroxylation sites is 1. The first-order valence-corrected chi connectivity index (χ1v) is 12.0. The standard InChI is InChI=1S/C19H20N2O5S2/c1-14-13-27(23,24)21(19(14)22)16-8-10-17(11-9-16)28(25,26)20-12-4-6-15-5-2-3-7-18(15)20/h2-3,5,7-11,14H,4,6,12-13H2,1H3/t14-/m1/s1. The Labute approximate surface area is 164 Å². The smallest absolute Gasteiger partial charge is 0.264 e. The van der Waals surface area contributed by atoms with E-state index in [1.165, 1.54) is 28.6 Å². The van der Waals surface area contributed by atoms with Gasteiger partial charge in [-0.1, -0.05) is 25.1 Å². The van der Waals surface area contributed by atoms with Gasteiger partial charge in [-0.3, -0.25) is 9.10 Å². The summed E-state index contributed by atoms with van der Waals surface area (Å²) in [6.07, 6.45) is 1.56. The van der Waals surface area contributed by atoms with E-state index in [1.54, 1.807) is 19.1 Å². The van der Waals surface area contributed by atoms with Crippen LogP contribution in [0.3, 0.4) is 0 Å². The average Bonchev–Trinajstić information content (AvgIpc) is 2.88. The van der Waals surface area contributed by atoms with E-state index in [4.69, 9.17) is 0 Å². The lowest BCUT2D eigenvalue weighted by Crippen LogP contribution is -2.35. The second-order valence-electron chi connectivity index (χ2n) is 7.09. The molecule has 4 rings (SSSR count). The Morgan fingerprint density at radius 2 is 1.71 bits per heavy atom. The van der Waals surface area contributed by atoms with E-state index in [2.05, 4.69) is 0 Å². The molecule has 0 spiro atoms. The topological polar surface area (TPSA) is 91.8 Å². The van der Waals surface area contributed by atoms with E-state index in [0.717, 1.165) is 22.7 Å². The van der Waals surface area contributed by atoms with Crippen LogP contribution in [0.15, 0.2) is 53.4 Å². The SMILES string of the molecule is C[C@@H]1CS(=O)(=O)N(c2ccc(S(=O)(=O)N3CCCc4ccccc43)cc2)C1=O. The quantitative estimate of drug-likeness (QED) is 0.759. The molecule has 0 N–H and O–H groups in total. The summed E-state index contributed by atoms with van der Waals surface area (Å²) in [6.45, 7) is 1.95. The molecule has 1 amide bonds. The van der Waals surface area contributed by atoms with Crippen molar-refractivity contribution < 1.29 is 21.6 Å². The van der Waals surface area contributed by atoms with Crippen LogP contribution in [0, 0.1) is 5.92 Å². The molecule has 0 bridgehead atoms. The van der Waals surface area contributed by atoms with Gasteiger partial charge in [-0.25, -0.2) is 21.1 Å². The molecule has 1 fully saturated rings. The first kappa shape index (κ1) is 18.9. The van der Waals surface area contributed by atoms with E-state index in [0.29, 0.717) is 12.2 Å². The van der Waals surface area contributed by atoms with Gasteiger partial charge in [0.05, 0.1) is 27.9 Å². The predicted octanol–water partition coefficient (Wildman–Crippen LogP) is 2.14. The van der Waals surface area contributed by atoms with Crippen LogP contribution in [-0.2, 0) is 31.3 Å². The monoisotopic (exact) mass is 420 g/mol. The second-order valence-corrected chi connectivity index (χ2v) is 10.8. The number of amides is 1. The highest BCUT2D eigenvalue weighted by Gasteiger charge is 2.42. The number of carbonyl (C=O) groups excluding carboxylic acids is 1. The molecule has 2 heterocycles. The number of fused-ring (bicyclic) bond motifs is 1. The molecule has 28 heavy (non-hydrogen) atoms. The third-order valence-electron chi connectivity index (χ3n) is 5.09. The molecule has 2 aliphatic heterocycles. The Morgan fingerprint density at radius 1 is 1.04 bits per heavy atom. The summed E-state index contributed by atoms with van der Waals surface area (Å²) in [7, 11) is -7.51. The molecule has 1 atom stereocenters. The highest BCUT2D eigenvalue weighted by atomic mass is 32.2. The zero-order chi connectivity index (χ0) is 20.1. The van der Waals surface area contributed by atoms with Crippen molar-refractivity contribution in [3.63, 3.8) is 0 Å². The van der Waals surface area contributed by atoms with Crippen molar-refractivity contribution in [2.75, 3.05) is 20.9 Å². The van der Waals surface area contributed by atoms with Crippen LogP contribution in [0.25, 0.3) is 0 Å². The molecular formula is C19H20N2O5S2. The molecule has 2 aromatic rings. The van der Waals surface area contributed by atoms with Gasteiger partial charge in [-0.05, 0) is 48.7 Å². The van der Waals surface area contributed by atoms with Crippen molar-refractivity contribution in [1.29, 1.82) is 0 Å². The Morgan fingerprint density at radius 3 is 2.36 bits per heavy atom. The Bertz CT molecular complexity index is 1140. The summed E-state index contributed by atoms with van der Waals surface area (Å²) in [6, 6.07) is 12.9. The number of carbonyl (C=O) groups is 1. The lowest BCUT2D eigenvalue weighted by molar-refractivity contribution is -0.119. The van der Waals surface area contributed by atoms with Crippen LogP contribution < -0.4 is 8.61 Å². The lowest BCUT2D eigenvalue weighted by Gasteiger charge is -2.30. The van der Waals surface area contributed by atoms with Crippen LogP contribution in [0.2, 0.25) is 0 Å². The molecule has 0 radical (unpaired) electrons.